The van der Waals surface area contributed by atoms with Crippen LogP contribution in [0.5, 0.6) is 5.75 Å². The molecular formula is C15H15F3N2O. The number of hydrogen-bond acceptors (Lipinski definition) is 3. The molecule has 6 heteroatoms. The van der Waals surface area contributed by atoms with Crippen molar-refractivity contribution in [3.05, 3.63) is 53.9 Å². The van der Waals surface area contributed by atoms with E-state index >= 15 is 0 Å². The monoisotopic (exact) mass is 296 g/mol. The van der Waals surface area contributed by atoms with Gasteiger partial charge in [0.1, 0.15) is 5.75 Å². The summed E-state index contributed by atoms with van der Waals surface area (Å²) in [6, 6.07) is 8.29. The van der Waals surface area contributed by atoms with Gasteiger partial charge in [0.25, 0.3) is 0 Å². The third kappa shape index (κ3) is 4.98. The molecule has 0 fully saturated rings. The number of alkyl halides is 3. The average Bonchev–Trinajstić information content (AvgIpc) is 2.45. The Balaban J connectivity index is 1.89. The molecule has 0 saturated carbocycles. The zero-order chi connectivity index (χ0) is 15.3. The minimum absolute atomic E-state index is 0.190. The standard InChI is InChI=1S/C15H15F3N2O/c1-11-6-7-19-8-12(11)9-20-13-2-4-14(5-3-13)21-10-15(16,17)18/h2-8,20H,9-10H2,1H3. The number of ether oxygens (including phenoxy) is 1. The van der Waals surface area contributed by atoms with Crippen molar-refractivity contribution in [3.63, 3.8) is 0 Å². The molecule has 0 radical (unpaired) electrons. The predicted octanol–water partition coefficient (Wildman–Crippen LogP) is 3.94. The highest BCUT2D eigenvalue weighted by Crippen LogP contribution is 2.20. The molecule has 2 rings (SSSR count). The number of anilines is 1. The summed E-state index contributed by atoms with van der Waals surface area (Å²) in [7, 11) is 0. The summed E-state index contributed by atoms with van der Waals surface area (Å²) in [6.45, 7) is 1.31. The number of nitrogens with one attached hydrogen (secondary N) is 1. The molecule has 3 nitrogen and oxygen atoms in total. The smallest absolute Gasteiger partial charge is 0.422 e. The van der Waals surface area contributed by atoms with Gasteiger partial charge in [-0.2, -0.15) is 13.2 Å². The first kappa shape index (κ1) is 15.2. The Hall–Kier alpha value is -2.24. The Morgan fingerprint density at radius 1 is 1.14 bits per heavy atom. The van der Waals surface area contributed by atoms with Gasteiger partial charge in [0.15, 0.2) is 6.61 Å². The maximum Gasteiger partial charge on any atom is 0.422 e. The summed E-state index contributed by atoms with van der Waals surface area (Å²) in [6.07, 6.45) is -0.816. The molecule has 1 N–H and O–H groups in total. The van der Waals surface area contributed by atoms with Crippen molar-refractivity contribution in [2.75, 3.05) is 11.9 Å². The van der Waals surface area contributed by atoms with E-state index in [9.17, 15) is 13.2 Å². The molecular weight excluding hydrogens is 281 g/mol. The number of halogens is 3. The molecule has 0 unspecified atom stereocenters. The number of hydrogen-bond donors (Lipinski definition) is 1. The molecule has 0 atom stereocenters. The van der Waals surface area contributed by atoms with E-state index in [0.717, 1.165) is 16.8 Å². The Morgan fingerprint density at radius 2 is 1.86 bits per heavy atom. The molecule has 1 aromatic heterocycles. The molecule has 0 amide bonds. The van der Waals surface area contributed by atoms with Crippen LogP contribution in [0.3, 0.4) is 0 Å². The zero-order valence-electron chi connectivity index (χ0n) is 11.4. The summed E-state index contributed by atoms with van der Waals surface area (Å²) in [4.78, 5) is 4.05. The van der Waals surface area contributed by atoms with Crippen LogP contribution in [0.25, 0.3) is 0 Å². The van der Waals surface area contributed by atoms with E-state index in [-0.39, 0.29) is 5.75 Å². The largest absolute Gasteiger partial charge is 0.484 e. The second-order valence-corrected chi connectivity index (χ2v) is 4.58. The van der Waals surface area contributed by atoms with Gasteiger partial charge in [0.2, 0.25) is 0 Å². The van der Waals surface area contributed by atoms with Crippen molar-refractivity contribution in [1.29, 1.82) is 0 Å². The number of benzene rings is 1. The lowest BCUT2D eigenvalue weighted by Crippen LogP contribution is -2.19. The van der Waals surface area contributed by atoms with E-state index < -0.39 is 12.8 Å². The van der Waals surface area contributed by atoms with Gasteiger partial charge in [-0.05, 0) is 48.4 Å². The minimum Gasteiger partial charge on any atom is -0.484 e. The first-order valence-electron chi connectivity index (χ1n) is 6.37. The van der Waals surface area contributed by atoms with E-state index in [4.69, 9.17) is 0 Å². The maximum atomic E-state index is 12.0. The van der Waals surface area contributed by atoms with Gasteiger partial charge in [0.05, 0.1) is 0 Å². The molecule has 0 aliphatic carbocycles. The highest BCUT2D eigenvalue weighted by Gasteiger charge is 2.28. The van der Waals surface area contributed by atoms with Crippen molar-refractivity contribution in [1.82, 2.24) is 4.98 Å². The second-order valence-electron chi connectivity index (χ2n) is 4.58. The first-order chi connectivity index (χ1) is 9.94. The Morgan fingerprint density at radius 3 is 2.48 bits per heavy atom. The Bertz CT molecular complexity index is 582. The van der Waals surface area contributed by atoms with Gasteiger partial charge < -0.3 is 10.1 Å². The lowest BCUT2D eigenvalue weighted by atomic mass is 10.1. The van der Waals surface area contributed by atoms with Crippen LogP contribution in [0.15, 0.2) is 42.7 Å². The van der Waals surface area contributed by atoms with Crippen molar-refractivity contribution < 1.29 is 17.9 Å². The number of nitrogens with zero attached hydrogens (tertiary/aromatic N) is 1. The first-order valence-corrected chi connectivity index (χ1v) is 6.37. The van der Waals surface area contributed by atoms with Crippen molar-refractivity contribution in [2.24, 2.45) is 0 Å². The quantitative estimate of drug-likeness (QED) is 0.907. The number of aryl methyl sites for hydroxylation is 1. The van der Waals surface area contributed by atoms with E-state index in [2.05, 4.69) is 15.0 Å². The molecule has 0 bridgehead atoms. The van der Waals surface area contributed by atoms with Gasteiger partial charge in [-0.1, -0.05) is 0 Å². The van der Waals surface area contributed by atoms with Crippen LogP contribution >= 0.6 is 0 Å². The van der Waals surface area contributed by atoms with Crippen molar-refractivity contribution >= 4 is 5.69 Å². The van der Waals surface area contributed by atoms with Crippen LogP contribution < -0.4 is 10.1 Å². The second kappa shape index (κ2) is 6.47. The summed E-state index contributed by atoms with van der Waals surface area (Å²) < 4.78 is 40.7. The topological polar surface area (TPSA) is 34.2 Å². The van der Waals surface area contributed by atoms with Crippen molar-refractivity contribution in [2.45, 2.75) is 19.6 Å². The molecule has 112 valence electrons. The molecule has 0 spiro atoms. The van der Waals surface area contributed by atoms with Crippen LogP contribution in [0, 0.1) is 6.92 Å². The summed E-state index contributed by atoms with van der Waals surface area (Å²) in [5, 5.41) is 3.18. The molecule has 0 aliphatic heterocycles. The lowest BCUT2D eigenvalue weighted by Gasteiger charge is -2.11. The molecule has 1 aromatic carbocycles. The lowest BCUT2D eigenvalue weighted by molar-refractivity contribution is -0.153. The molecule has 0 saturated heterocycles. The van der Waals surface area contributed by atoms with Crippen LogP contribution in [-0.4, -0.2) is 17.8 Å². The maximum absolute atomic E-state index is 12.0. The van der Waals surface area contributed by atoms with E-state index in [1.807, 2.05) is 13.0 Å². The molecule has 1 heterocycles. The minimum atomic E-state index is -4.32. The SMILES string of the molecule is Cc1ccncc1CNc1ccc(OCC(F)(F)F)cc1. The van der Waals surface area contributed by atoms with E-state index in [1.165, 1.54) is 12.1 Å². The van der Waals surface area contributed by atoms with Crippen LogP contribution in [0.4, 0.5) is 18.9 Å². The number of pyridine rings is 1. The molecule has 0 aliphatic rings. The van der Waals surface area contributed by atoms with Gasteiger partial charge in [-0.3, -0.25) is 4.98 Å². The third-order valence-corrected chi connectivity index (χ3v) is 2.89. The highest BCUT2D eigenvalue weighted by molar-refractivity contribution is 5.47. The number of aromatic nitrogens is 1. The normalized spacial score (nSPS) is 11.2. The Labute approximate surface area is 120 Å². The fourth-order valence-electron chi connectivity index (χ4n) is 1.71. The van der Waals surface area contributed by atoms with Gasteiger partial charge in [0, 0.05) is 24.6 Å². The van der Waals surface area contributed by atoms with Crippen LogP contribution in [0.2, 0.25) is 0 Å². The fraction of sp³-hybridized carbons (Fsp3) is 0.267. The summed E-state index contributed by atoms with van der Waals surface area (Å²) >= 11 is 0. The van der Waals surface area contributed by atoms with E-state index in [1.54, 1.807) is 24.5 Å². The van der Waals surface area contributed by atoms with E-state index in [0.29, 0.717) is 6.54 Å². The summed E-state index contributed by atoms with van der Waals surface area (Å²) in [5.74, 6) is 0.190. The van der Waals surface area contributed by atoms with Crippen LogP contribution in [0.1, 0.15) is 11.1 Å². The van der Waals surface area contributed by atoms with Gasteiger partial charge >= 0.3 is 6.18 Å². The van der Waals surface area contributed by atoms with Crippen molar-refractivity contribution in [3.8, 4) is 5.75 Å². The van der Waals surface area contributed by atoms with Gasteiger partial charge in [-0.25, -0.2) is 0 Å². The Kier molecular flexibility index (Phi) is 4.67. The predicted molar refractivity (Wildman–Crippen MR) is 74.3 cm³/mol. The fourth-order valence-corrected chi connectivity index (χ4v) is 1.71. The summed E-state index contributed by atoms with van der Waals surface area (Å²) in [5.41, 5.74) is 3.00. The molecule has 21 heavy (non-hydrogen) atoms. The third-order valence-electron chi connectivity index (χ3n) is 2.89. The number of rotatable bonds is 5. The average molecular weight is 296 g/mol. The zero-order valence-corrected chi connectivity index (χ0v) is 11.4. The van der Waals surface area contributed by atoms with Crippen LogP contribution in [-0.2, 0) is 6.54 Å². The molecule has 2 aromatic rings. The highest BCUT2D eigenvalue weighted by atomic mass is 19.4. The van der Waals surface area contributed by atoms with Gasteiger partial charge in [-0.15, -0.1) is 0 Å².